The topological polar surface area (TPSA) is 44.9 Å². The molecule has 2 heterocycles. The van der Waals surface area contributed by atoms with Crippen LogP contribution in [0.1, 0.15) is 37.6 Å². The first kappa shape index (κ1) is 14.9. The first-order valence-electron chi connectivity index (χ1n) is 7.35. The second-order valence-electron chi connectivity index (χ2n) is 5.88. The molecular weight excluding hydrogens is 292 g/mol. The Morgan fingerprint density at radius 3 is 2.59 bits per heavy atom. The Kier molecular flexibility index (Phi) is 3.57. The van der Waals surface area contributed by atoms with E-state index in [1.807, 2.05) is 39.8 Å². The van der Waals surface area contributed by atoms with Crippen molar-refractivity contribution in [3.63, 3.8) is 0 Å². The average molecular weight is 312 g/mol. The maximum Gasteiger partial charge on any atom is 0.258 e. The molecule has 0 fully saturated rings. The summed E-state index contributed by atoms with van der Waals surface area (Å²) < 4.78 is 1.18. The van der Waals surface area contributed by atoms with Gasteiger partial charge in [-0.15, -0.1) is 11.3 Å². The number of hydrogen-bond acceptors (Lipinski definition) is 2. The second-order valence-corrected chi connectivity index (χ2v) is 7.11. The number of carbonyl (C=O) groups excluding carboxylic acids is 1. The SMILES string of the molecule is Cc1ccc(C)c(NC(=O)c2c(C)sc3c(C)c(C)[nH]c23)c1. The molecule has 0 spiro atoms. The van der Waals surface area contributed by atoms with Crippen LogP contribution in [-0.4, -0.2) is 10.9 Å². The van der Waals surface area contributed by atoms with E-state index in [-0.39, 0.29) is 5.91 Å². The molecule has 3 aromatic rings. The van der Waals surface area contributed by atoms with Crippen molar-refractivity contribution in [3.05, 3.63) is 51.0 Å². The van der Waals surface area contributed by atoms with Crippen LogP contribution in [0.5, 0.6) is 0 Å². The van der Waals surface area contributed by atoms with Crippen LogP contribution < -0.4 is 5.32 Å². The molecule has 0 atom stereocenters. The number of fused-ring (bicyclic) bond motifs is 1. The molecule has 1 amide bonds. The monoisotopic (exact) mass is 312 g/mol. The number of amides is 1. The standard InChI is InChI=1S/C18H20N2OS/c1-9-6-7-10(2)14(8-9)20-18(21)15-13(5)22-17-11(3)12(4)19-16(15)17/h6-8,19H,1-5H3,(H,20,21). The number of carbonyl (C=O) groups is 1. The van der Waals surface area contributed by atoms with Crippen LogP contribution in [0.4, 0.5) is 5.69 Å². The predicted octanol–water partition coefficient (Wildman–Crippen LogP) is 5.02. The zero-order chi connectivity index (χ0) is 16.0. The summed E-state index contributed by atoms with van der Waals surface area (Å²) in [5, 5.41) is 3.06. The Bertz CT molecular complexity index is 886. The summed E-state index contributed by atoms with van der Waals surface area (Å²) in [5.41, 5.74) is 7.17. The number of H-pyrrole nitrogens is 1. The maximum atomic E-state index is 12.8. The van der Waals surface area contributed by atoms with Crippen LogP contribution in [-0.2, 0) is 0 Å². The molecule has 0 unspecified atom stereocenters. The van der Waals surface area contributed by atoms with Crippen LogP contribution in [0.25, 0.3) is 10.2 Å². The lowest BCUT2D eigenvalue weighted by Gasteiger charge is -2.09. The third-order valence-electron chi connectivity index (χ3n) is 4.17. The normalized spacial score (nSPS) is 11.1. The zero-order valence-electron chi connectivity index (χ0n) is 13.5. The van der Waals surface area contributed by atoms with E-state index in [0.717, 1.165) is 38.5 Å². The van der Waals surface area contributed by atoms with Gasteiger partial charge in [-0.3, -0.25) is 4.79 Å². The summed E-state index contributed by atoms with van der Waals surface area (Å²) in [6.45, 7) is 10.2. The van der Waals surface area contributed by atoms with E-state index >= 15 is 0 Å². The van der Waals surface area contributed by atoms with Crippen molar-refractivity contribution in [2.75, 3.05) is 5.32 Å². The van der Waals surface area contributed by atoms with Gasteiger partial charge in [-0.05, 0) is 57.4 Å². The molecule has 0 saturated heterocycles. The van der Waals surface area contributed by atoms with Crippen molar-refractivity contribution >= 4 is 33.1 Å². The Balaban J connectivity index is 2.04. The van der Waals surface area contributed by atoms with E-state index in [9.17, 15) is 4.79 Å². The van der Waals surface area contributed by atoms with E-state index in [1.54, 1.807) is 11.3 Å². The van der Waals surface area contributed by atoms with E-state index in [2.05, 4.69) is 23.3 Å². The van der Waals surface area contributed by atoms with Crippen molar-refractivity contribution in [2.24, 2.45) is 0 Å². The van der Waals surface area contributed by atoms with Gasteiger partial charge in [-0.2, -0.15) is 0 Å². The molecule has 0 aliphatic heterocycles. The lowest BCUT2D eigenvalue weighted by atomic mass is 10.1. The molecule has 0 aliphatic carbocycles. The molecule has 0 aliphatic rings. The molecule has 22 heavy (non-hydrogen) atoms. The van der Waals surface area contributed by atoms with Crippen molar-refractivity contribution < 1.29 is 4.79 Å². The summed E-state index contributed by atoms with van der Waals surface area (Å²) in [6.07, 6.45) is 0. The Morgan fingerprint density at radius 1 is 1.14 bits per heavy atom. The average Bonchev–Trinajstić information content (AvgIpc) is 2.90. The molecule has 2 N–H and O–H groups in total. The Labute approximate surface area is 134 Å². The number of nitrogens with one attached hydrogen (secondary N) is 2. The molecule has 1 aromatic carbocycles. The fraction of sp³-hybridized carbons (Fsp3) is 0.278. The lowest BCUT2D eigenvalue weighted by Crippen LogP contribution is -2.13. The number of rotatable bonds is 2. The quantitative estimate of drug-likeness (QED) is 0.685. The van der Waals surface area contributed by atoms with Crippen molar-refractivity contribution in [2.45, 2.75) is 34.6 Å². The van der Waals surface area contributed by atoms with Gasteiger partial charge in [0.1, 0.15) is 0 Å². The largest absolute Gasteiger partial charge is 0.357 e. The molecule has 4 heteroatoms. The van der Waals surface area contributed by atoms with Crippen molar-refractivity contribution in [1.82, 2.24) is 4.98 Å². The smallest absolute Gasteiger partial charge is 0.258 e. The summed E-state index contributed by atoms with van der Waals surface area (Å²) >= 11 is 1.68. The van der Waals surface area contributed by atoms with E-state index in [1.165, 1.54) is 10.3 Å². The van der Waals surface area contributed by atoms with Gasteiger partial charge in [0.05, 0.1) is 15.8 Å². The molecular formula is C18H20N2OS. The summed E-state index contributed by atoms with van der Waals surface area (Å²) in [5.74, 6) is -0.0429. The molecule has 114 valence electrons. The highest BCUT2D eigenvalue weighted by atomic mass is 32.1. The minimum absolute atomic E-state index is 0.0429. The first-order chi connectivity index (χ1) is 10.4. The molecule has 3 nitrogen and oxygen atoms in total. The minimum atomic E-state index is -0.0429. The number of thiophene rings is 1. The predicted molar refractivity (Wildman–Crippen MR) is 94.3 cm³/mol. The number of hydrogen-bond donors (Lipinski definition) is 2. The molecule has 0 bridgehead atoms. The fourth-order valence-corrected chi connectivity index (χ4v) is 3.87. The van der Waals surface area contributed by atoms with Gasteiger partial charge in [0, 0.05) is 16.3 Å². The van der Waals surface area contributed by atoms with Gasteiger partial charge in [0.25, 0.3) is 5.91 Å². The molecule has 0 saturated carbocycles. The Hall–Kier alpha value is -2.07. The molecule has 3 rings (SSSR count). The number of aromatic amines is 1. The van der Waals surface area contributed by atoms with Crippen LogP contribution in [0.15, 0.2) is 18.2 Å². The fourth-order valence-electron chi connectivity index (χ4n) is 2.71. The molecule has 0 radical (unpaired) electrons. The van der Waals surface area contributed by atoms with Crippen molar-refractivity contribution in [1.29, 1.82) is 0 Å². The Morgan fingerprint density at radius 2 is 1.86 bits per heavy atom. The van der Waals surface area contributed by atoms with Gasteiger partial charge in [0.15, 0.2) is 0 Å². The van der Waals surface area contributed by atoms with Gasteiger partial charge >= 0.3 is 0 Å². The van der Waals surface area contributed by atoms with Crippen LogP contribution in [0.3, 0.4) is 0 Å². The number of aryl methyl sites for hydroxylation is 5. The summed E-state index contributed by atoms with van der Waals surface area (Å²) in [4.78, 5) is 17.2. The van der Waals surface area contributed by atoms with E-state index in [4.69, 9.17) is 0 Å². The highest BCUT2D eigenvalue weighted by Gasteiger charge is 2.20. The summed E-state index contributed by atoms with van der Waals surface area (Å²) in [7, 11) is 0. The number of anilines is 1. The lowest BCUT2D eigenvalue weighted by molar-refractivity contribution is 0.102. The van der Waals surface area contributed by atoms with E-state index in [0.29, 0.717) is 0 Å². The zero-order valence-corrected chi connectivity index (χ0v) is 14.4. The van der Waals surface area contributed by atoms with Crippen molar-refractivity contribution in [3.8, 4) is 0 Å². The second kappa shape index (κ2) is 5.29. The van der Waals surface area contributed by atoms with Crippen LogP contribution in [0.2, 0.25) is 0 Å². The van der Waals surface area contributed by atoms with Crippen LogP contribution >= 0.6 is 11.3 Å². The molecule has 2 aromatic heterocycles. The summed E-state index contributed by atoms with van der Waals surface area (Å²) in [6, 6.07) is 6.10. The number of aromatic nitrogens is 1. The minimum Gasteiger partial charge on any atom is -0.357 e. The highest BCUT2D eigenvalue weighted by Crippen LogP contribution is 2.34. The van der Waals surface area contributed by atoms with E-state index < -0.39 is 0 Å². The van der Waals surface area contributed by atoms with Gasteiger partial charge < -0.3 is 10.3 Å². The third kappa shape index (κ3) is 2.33. The van der Waals surface area contributed by atoms with Gasteiger partial charge in [0.2, 0.25) is 0 Å². The highest BCUT2D eigenvalue weighted by molar-refractivity contribution is 7.19. The maximum absolute atomic E-state index is 12.8. The first-order valence-corrected chi connectivity index (χ1v) is 8.17. The van der Waals surface area contributed by atoms with Crippen LogP contribution in [0, 0.1) is 34.6 Å². The van der Waals surface area contributed by atoms with Gasteiger partial charge in [-0.25, -0.2) is 0 Å². The third-order valence-corrected chi connectivity index (χ3v) is 5.39. The van der Waals surface area contributed by atoms with Gasteiger partial charge in [-0.1, -0.05) is 12.1 Å². The number of benzene rings is 1.